The molecule has 0 aliphatic rings. The summed E-state index contributed by atoms with van der Waals surface area (Å²) in [5.74, 6) is 1.79. The normalized spacial score (nSPS) is 11.8. The van der Waals surface area contributed by atoms with Crippen molar-refractivity contribution in [2.75, 3.05) is 0 Å². The van der Waals surface area contributed by atoms with Gasteiger partial charge in [-0.1, -0.05) is 158 Å². The van der Waals surface area contributed by atoms with E-state index in [4.69, 9.17) is 19.4 Å². The maximum Gasteiger partial charge on any atom is 0.164 e. The molecule has 6 heteroatoms. The van der Waals surface area contributed by atoms with Gasteiger partial charge >= 0.3 is 0 Å². The SMILES string of the molecule is c1ccc(-c2nc(-c3cccc(-n4c5ccccc5c5ccccc54)c3)nc(-c3ccc(-n4c5ccccc5c5ccccc54)c(-c4cccc(-c5ccc6oc7ccccc7c6c5)c4)c3)n2)cc1. The third-order valence-electron chi connectivity index (χ3n) is 13.6. The van der Waals surface area contributed by atoms with Crippen molar-refractivity contribution in [3.05, 3.63) is 237 Å². The zero-order chi connectivity index (χ0) is 45.4. The lowest BCUT2D eigenvalue weighted by Gasteiger charge is -2.17. The summed E-state index contributed by atoms with van der Waals surface area (Å²) in [6.45, 7) is 0. The molecule has 0 aliphatic carbocycles. The van der Waals surface area contributed by atoms with Crippen LogP contribution in [0.5, 0.6) is 0 Å². The maximum atomic E-state index is 6.23. The van der Waals surface area contributed by atoms with Crippen LogP contribution in [-0.4, -0.2) is 24.1 Å². The van der Waals surface area contributed by atoms with Crippen LogP contribution in [0, 0.1) is 0 Å². The predicted molar refractivity (Wildman–Crippen MR) is 283 cm³/mol. The van der Waals surface area contributed by atoms with Crippen LogP contribution in [0.2, 0.25) is 0 Å². The standard InChI is InChI=1S/C63H39N5O/c1-2-16-40(17-3-1)61-64-62(44-20-15-21-46(37-44)67-54-27-9-4-22-47(54)48-23-5-10-28-55(48)67)66-63(65-61)45-32-34-58(68-56-29-11-6-24-49(56)50-25-7-12-30-57(50)68)52(39-45)43-19-14-18-41(36-43)42-33-35-60-53(38-42)51-26-8-13-31-59(51)69-60/h1-39H. The number of furan rings is 1. The molecule has 322 valence electrons. The highest BCUT2D eigenvalue weighted by Gasteiger charge is 2.20. The fourth-order valence-electron chi connectivity index (χ4n) is 10.4. The van der Waals surface area contributed by atoms with E-state index < -0.39 is 0 Å². The molecule has 14 rings (SSSR count). The van der Waals surface area contributed by atoms with Crippen LogP contribution in [0.25, 0.3) is 133 Å². The molecule has 0 aliphatic heterocycles. The van der Waals surface area contributed by atoms with E-state index in [2.05, 4.69) is 215 Å². The summed E-state index contributed by atoms with van der Waals surface area (Å²) in [6, 6.07) is 83.5. The van der Waals surface area contributed by atoms with E-state index in [1.54, 1.807) is 0 Å². The Morgan fingerprint density at radius 2 is 0.739 bits per heavy atom. The average molecular weight is 882 g/mol. The first-order valence-electron chi connectivity index (χ1n) is 23.3. The molecule has 0 N–H and O–H groups in total. The molecule has 10 aromatic carbocycles. The van der Waals surface area contributed by atoms with Gasteiger partial charge in [0.1, 0.15) is 11.2 Å². The van der Waals surface area contributed by atoms with Gasteiger partial charge in [-0.05, 0) is 95.6 Å². The molecule has 0 unspecified atom stereocenters. The summed E-state index contributed by atoms with van der Waals surface area (Å²) in [5.41, 5.74) is 15.5. The summed E-state index contributed by atoms with van der Waals surface area (Å²) in [4.78, 5) is 15.8. The van der Waals surface area contributed by atoms with Crippen molar-refractivity contribution in [2.45, 2.75) is 0 Å². The lowest BCUT2D eigenvalue weighted by molar-refractivity contribution is 0.669. The van der Waals surface area contributed by atoms with Crippen molar-refractivity contribution in [3.8, 4) is 67.8 Å². The molecular formula is C63H39N5O. The molecule has 0 fully saturated rings. The van der Waals surface area contributed by atoms with E-state index in [0.29, 0.717) is 17.5 Å². The van der Waals surface area contributed by atoms with Crippen LogP contribution in [0.1, 0.15) is 0 Å². The second kappa shape index (κ2) is 15.6. The molecule has 4 aromatic heterocycles. The van der Waals surface area contributed by atoms with Crippen LogP contribution < -0.4 is 0 Å². The van der Waals surface area contributed by atoms with Gasteiger partial charge in [0.2, 0.25) is 0 Å². The van der Waals surface area contributed by atoms with E-state index >= 15 is 0 Å². The van der Waals surface area contributed by atoms with Gasteiger partial charge in [-0.3, -0.25) is 0 Å². The van der Waals surface area contributed by atoms with E-state index in [1.165, 1.54) is 21.5 Å². The van der Waals surface area contributed by atoms with Gasteiger partial charge in [-0.2, -0.15) is 0 Å². The van der Waals surface area contributed by atoms with E-state index in [9.17, 15) is 0 Å². The molecule has 0 spiro atoms. The van der Waals surface area contributed by atoms with E-state index in [0.717, 1.165) is 94.3 Å². The first-order chi connectivity index (χ1) is 34.2. The molecule has 0 bridgehead atoms. The molecule has 14 aromatic rings. The minimum absolute atomic E-state index is 0.588. The highest BCUT2D eigenvalue weighted by atomic mass is 16.3. The fraction of sp³-hybridized carbons (Fsp3) is 0. The maximum absolute atomic E-state index is 6.23. The minimum Gasteiger partial charge on any atom is -0.456 e. The topological polar surface area (TPSA) is 61.7 Å². The number of hydrogen-bond donors (Lipinski definition) is 0. The molecule has 0 saturated heterocycles. The summed E-state index contributed by atoms with van der Waals surface area (Å²) in [6.07, 6.45) is 0. The van der Waals surface area contributed by atoms with E-state index in [1.807, 2.05) is 30.3 Å². The Labute approximate surface area is 396 Å². The average Bonchev–Trinajstić information content (AvgIpc) is 4.08. The fourth-order valence-corrected chi connectivity index (χ4v) is 10.4. The monoisotopic (exact) mass is 881 g/mol. The first kappa shape index (κ1) is 38.8. The molecule has 4 heterocycles. The molecule has 0 amide bonds. The Bertz CT molecular complexity index is 4220. The second-order valence-corrected chi connectivity index (χ2v) is 17.6. The van der Waals surface area contributed by atoms with Gasteiger partial charge in [0, 0.05) is 60.3 Å². The highest BCUT2D eigenvalue weighted by Crippen LogP contribution is 2.41. The molecular weight excluding hydrogens is 843 g/mol. The summed E-state index contributed by atoms with van der Waals surface area (Å²) < 4.78 is 11.0. The first-order valence-corrected chi connectivity index (χ1v) is 23.3. The zero-order valence-corrected chi connectivity index (χ0v) is 37.2. The van der Waals surface area contributed by atoms with Crippen molar-refractivity contribution < 1.29 is 4.42 Å². The van der Waals surface area contributed by atoms with Crippen molar-refractivity contribution in [3.63, 3.8) is 0 Å². The minimum atomic E-state index is 0.588. The molecule has 0 radical (unpaired) electrons. The van der Waals surface area contributed by atoms with Crippen molar-refractivity contribution in [1.82, 2.24) is 24.1 Å². The molecule has 0 saturated carbocycles. The van der Waals surface area contributed by atoms with Gasteiger partial charge < -0.3 is 13.6 Å². The number of nitrogens with zero attached hydrogens (tertiary/aromatic N) is 5. The van der Waals surface area contributed by atoms with Crippen LogP contribution in [0.3, 0.4) is 0 Å². The lowest BCUT2D eigenvalue weighted by atomic mass is 9.95. The van der Waals surface area contributed by atoms with Gasteiger partial charge in [0.25, 0.3) is 0 Å². The number of aromatic nitrogens is 5. The van der Waals surface area contributed by atoms with Crippen LogP contribution in [0.15, 0.2) is 241 Å². The predicted octanol–water partition coefficient (Wildman–Crippen LogP) is 16.3. The van der Waals surface area contributed by atoms with Gasteiger partial charge in [-0.15, -0.1) is 0 Å². The Morgan fingerprint density at radius 1 is 0.275 bits per heavy atom. The number of fused-ring (bicyclic) bond motifs is 9. The smallest absolute Gasteiger partial charge is 0.164 e. The Morgan fingerprint density at radius 3 is 1.41 bits per heavy atom. The van der Waals surface area contributed by atoms with Crippen molar-refractivity contribution in [1.29, 1.82) is 0 Å². The summed E-state index contributed by atoms with van der Waals surface area (Å²) in [7, 11) is 0. The summed E-state index contributed by atoms with van der Waals surface area (Å²) in [5, 5.41) is 7.04. The zero-order valence-electron chi connectivity index (χ0n) is 37.2. The van der Waals surface area contributed by atoms with Crippen LogP contribution in [0.4, 0.5) is 0 Å². The summed E-state index contributed by atoms with van der Waals surface area (Å²) >= 11 is 0. The Kier molecular flexibility index (Phi) is 8.79. The largest absolute Gasteiger partial charge is 0.456 e. The number of hydrogen-bond acceptors (Lipinski definition) is 4. The van der Waals surface area contributed by atoms with E-state index in [-0.39, 0.29) is 0 Å². The van der Waals surface area contributed by atoms with Crippen LogP contribution in [-0.2, 0) is 0 Å². The van der Waals surface area contributed by atoms with Gasteiger partial charge in [-0.25, -0.2) is 15.0 Å². The molecule has 69 heavy (non-hydrogen) atoms. The number of benzene rings is 10. The second-order valence-electron chi connectivity index (χ2n) is 17.6. The van der Waals surface area contributed by atoms with Gasteiger partial charge in [0.05, 0.1) is 27.8 Å². The quantitative estimate of drug-likeness (QED) is 0.160. The molecule has 6 nitrogen and oxygen atoms in total. The Balaban J connectivity index is 0.972. The highest BCUT2D eigenvalue weighted by molar-refractivity contribution is 6.11. The third-order valence-corrected chi connectivity index (χ3v) is 13.6. The number of para-hydroxylation sites is 5. The van der Waals surface area contributed by atoms with Crippen molar-refractivity contribution in [2.24, 2.45) is 0 Å². The van der Waals surface area contributed by atoms with Gasteiger partial charge in [0.15, 0.2) is 17.5 Å². The Hall–Kier alpha value is -9.39. The van der Waals surface area contributed by atoms with Crippen LogP contribution >= 0.6 is 0 Å². The lowest BCUT2D eigenvalue weighted by Crippen LogP contribution is -2.02. The molecule has 0 atom stereocenters. The third kappa shape index (κ3) is 6.38. The number of rotatable bonds is 7. The van der Waals surface area contributed by atoms with Crippen molar-refractivity contribution >= 4 is 65.6 Å².